The highest BCUT2D eigenvalue weighted by atomic mass is 31.1. The predicted molar refractivity (Wildman–Crippen MR) is 84.7 cm³/mol. The Morgan fingerprint density at radius 2 is 2.13 bits per heavy atom. The van der Waals surface area contributed by atoms with E-state index in [1.807, 2.05) is 11.9 Å². The molecule has 9 nitrogen and oxygen atoms in total. The molecule has 0 radical (unpaired) electrons. The van der Waals surface area contributed by atoms with Crippen molar-refractivity contribution in [3.63, 3.8) is 0 Å². The van der Waals surface area contributed by atoms with Crippen molar-refractivity contribution in [1.82, 2.24) is 19.1 Å². The fourth-order valence-corrected chi connectivity index (χ4v) is 2.83. The van der Waals surface area contributed by atoms with Gasteiger partial charge in [0.25, 0.3) is 5.56 Å². The summed E-state index contributed by atoms with van der Waals surface area (Å²) in [5.41, 5.74) is -0.483. The Hall–Kier alpha value is -1.38. The number of aromatic nitrogens is 2. The first kappa shape index (κ1) is 18.0. The van der Waals surface area contributed by atoms with Gasteiger partial charge in [-0.05, 0) is 18.5 Å². The van der Waals surface area contributed by atoms with E-state index >= 15 is 0 Å². The molecule has 1 aromatic heterocycles. The summed E-state index contributed by atoms with van der Waals surface area (Å²) in [7, 11) is 3.34. The van der Waals surface area contributed by atoms with Gasteiger partial charge in [-0.2, -0.15) is 0 Å². The van der Waals surface area contributed by atoms with Crippen molar-refractivity contribution < 1.29 is 13.8 Å². The summed E-state index contributed by atoms with van der Waals surface area (Å²) >= 11 is 0. The minimum absolute atomic E-state index is 0.158. The van der Waals surface area contributed by atoms with Gasteiger partial charge < -0.3 is 4.74 Å². The fraction of sp³-hybridized carbons (Fsp3) is 0.692. The zero-order valence-electron chi connectivity index (χ0n) is 13.7. The molecule has 0 bridgehead atoms. The quantitative estimate of drug-likeness (QED) is 0.745. The van der Waals surface area contributed by atoms with E-state index in [1.165, 1.54) is 15.4 Å². The third-order valence-electron chi connectivity index (χ3n) is 3.49. The molecule has 1 aliphatic rings. The molecule has 0 aromatic carbocycles. The summed E-state index contributed by atoms with van der Waals surface area (Å²) in [6, 6.07) is 0. The van der Waals surface area contributed by atoms with E-state index in [0.29, 0.717) is 18.7 Å². The standard InChI is InChI=1S/C13H21N4O5P/c1-9-5-17(13(19)14-12(9)18)11-7-16(4)6-10(22-11)8-21-23(20)15(2)3/h5,10-11H,6-8H2,1-4H3/p+1. The lowest BCUT2D eigenvalue weighted by molar-refractivity contribution is -0.127. The van der Waals surface area contributed by atoms with Crippen molar-refractivity contribution in [2.75, 3.05) is 40.8 Å². The van der Waals surface area contributed by atoms with Crippen molar-refractivity contribution in [2.24, 2.45) is 0 Å². The van der Waals surface area contributed by atoms with Crippen molar-refractivity contribution >= 4 is 8.18 Å². The molecule has 2 heterocycles. The number of aromatic amines is 1. The molecular weight excluding hydrogens is 323 g/mol. The molecule has 0 amide bonds. The molecule has 2 rings (SSSR count). The molecule has 0 aliphatic carbocycles. The van der Waals surface area contributed by atoms with Crippen LogP contribution in [0.3, 0.4) is 0 Å². The Labute approximate surface area is 134 Å². The number of likely N-dealkylation sites (N-methyl/N-ethyl adjacent to an activating group) is 1. The maximum absolute atomic E-state index is 12.0. The number of aryl methyl sites for hydroxylation is 1. The molecular formula is C13H22N4O5P+. The molecule has 1 aromatic rings. The number of hydrogen-bond acceptors (Lipinski definition) is 6. The summed E-state index contributed by atoms with van der Waals surface area (Å²) in [5, 5.41) is 0. The SMILES string of the molecule is Cc1cn(C2CN(C)CC(CO[P+](=O)N(C)C)O2)c(=O)[nH]c1=O. The van der Waals surface area contributed by atoms with Gasteiger partial charge in [0.2, 0.25) is 0 Å². The minimum atomic E-state index is -1.89. The van der Waals surface area contributed by atoms with Crippen LogP contribution < -0.4 is 11.2 Å². The lowest BCUT2D eigenvalue weighted by atomic mass is 10.2. The van der Waals surface area contributed by atoms with E-state index < -0.39 is 25.7 Å². The smallest absolute Gasteiger partial charge is 0.349 e. The Morgan fingerprint density at radius 1 is 1.43 bits per heavy atom. The molecule has 23 heavy (non-hydrogen) atoms. The van der Waals surface area contributed by atoms with Crippen molar-refractivity contribution in [2.45, 2.75) is 19.3 Å². The summed E-state index contributed by atoms with van der Waals surface area (Å²) in [4.78, 5) is 27.7. The fourth-order valence-electron chi connectivity index (χ4n) is 2.30. The van der Waals surface area contributed by atoms with Crippen LogP contribution in [-0.4, -0.2) is 66.1 Å². The Bertz CT molecular complexity index is 686. The average molecular weight is 345 g/mol. The van der Waals surface area contributed by atoms with Crippen LogP contribution in [-0.2, 0) is 13.8 Å². The Morgan fingerprint density at radius 3 is 2.78 bits per heavy atom. The third kappa shape index (κ3) is 4.55. The van der Waals surface area contributed by atoms with Gasteiger partial charge in [0.05, 0.1) is 0 Å². The first-order chi connectivity index (χ1) is 10.8. The molecule has 1 fully saturated rings. The molecule has 1 saturated heterocycles. The van der Waals surface area contributed by atoms with Gasteiger partial charge in [-0.1, -0.05) is 4.67 Å². The average Bonchev–Trinajstić information content (AvgIpc) is 2.47. The molecule has 10 heteroatoms. The van der Waals surface area contributed by atoms with Gasteiger partial charge in [-0.25, -0.2) is 4.79 Å². The second-order valence-electron chi connectivity index (χ2n) is 5.79. The lowest BCUT2D eigenvalue weighted by Gasteiger charge is -2.35. The van der Waals surface area contributed by atoms with Crippen molar-refractivity contribution in [3.05, 3.63) is 32.6 Å². The highest BCUT2D eigenvalue weighted by molar-refractivity contribution is 7.36. The van der Waals surface area contributed by atoms with E-state index in [2.05, 4.69) is 4.98 Å². The second-order valence-corrected chi connectivity index (χ2v) is 7.33. The zero-order chi connectivity index (χ0) is 17.1. The topological polar surface area (TPSA) is 96.9 Å². The van der Waals surface area contributed by atoms with Crippen LogP contribution in [0.4, 0.5) is 0 Å². The van der Waals surface area contributed by atoms with Gasteiger partial charge in [-0.3, -0.25) is 19.2 Å². The summed E-state index contributed by atoms with van der Waals surface area (Å²) in [6.07, 6.45) is 0.628. The normalized spacial score (nSPS) is 23.3. The van der Waals surface area contributed by atoms with Crippen molar-refractivity contribution in [1.29, 1.82) is 0 Å². The molecule has 0 spiro atoms. The van der Waals surface area contributed by atoms with Crippen LogP contribution in [0.2, 0.25) is 0 Å². The maximum Gasteiger partial charge on any atom is 0.615 e. The second kappa shape index (κ2) is 7.46. The number of nitrogens with one attached hydrogen (secondary N) is 1. The van der Waals surface area contributed by atoms with Crippen LogP contribution in [0.5, 0.6) is 0 Å². The Kier molecular flexibility index (Phi) is 5.83. The van der Waals surface area contributed by atoms with E-state index in [9.17, 15) is 14.2 Å². The van der Waals surface area contributed by atoms with E-state index in [1.54, 1.807) is 21.0 Å². The van der Waals surface area contributed by atoms with Crippen molar-refractivity contribution in [3.8, 4) is 0 Å². The summed E-state index contributed by atoms with van der Waals surface area (Å²) < 4.78 is 25.7. The van der Waals surface area contributed by atoms with Gasteiger partial charge in [0.15, 0.2) is 6.23 Å². The largest absolute Gasteiger partial charge is 0.615 e. The minimum Gasteiger partial charge on any atom is -0.349 e. The number of ether oxygens (including phenoxy) is 1. The number of nitrogens with zero attached hydrogens (tertiary/aromatic N) is 3. The molecule has 128 valence electrons. The van der Waals surface area contributed by atoms with E-state index in [0.717, 1.165) is 0 Å². The predicted octanol–water partition coefficient (Wildman–Crippen LogP) is -0.0902. The first-order valence-electron chi connectivity index (χ1n) is 7.21. The van der Waals surface area contributed by atoms with Gasteiger partial charge in [0.1, 0.15) is 12.7 Å². The molecule has 3 atom stereocenters. The first-order valence-corrected chi connectivity index (χ1v) is 8.34. The molecule has 3 unspecified atom stereocenters. The number of rotatable bonds is 5. The molecule has 1 N–H and O–H groups in total. The number of hydrogen-bond donors (Lipinski definition) is 1. The highest BCUT2D eigenvalue weighted by Crippen LogP contribution is 2.26. The van der Waals surface area contributed by atoms with Crippen LogP contribution in [0.25, 0.3) is 0 Å². The lowest BCUT2D eigenvalue weighted by Crippen LogP contribution is -2.48. The zero-order valence-corrected chi connectivity index (χ0v) is 14.6. The highest BCUT2D eigenvalue weighted by Gasteiger charge is 2.31. The van der Waals surface area contributed by atoms with Crippen LogP contribution in [0.15, 0.2) is 15.8 Å². The van der Waals surface area contributed by atoms with Crippen LogP contribution in [0, 0.1) is 6.92 Å². The van der Waals surface area contributed by atoms with E-state index in [-0.39, 0.29) is 12.7 Å². The monoisotopic (exact) mass is 345 g/mol. The van der Waals surface area contributed by atoms with Gasteiger partial charge in [0, 0.05) is 38.9 Å². The summed E-state index contributed by atoms with van der Waals surface area (Å²) in [6.45, 7) is 2.89. The van der Waals surface area contributed by atoms with Crippen LogP contribution >= 0.6 is 8.18 Å². The summed E-state index contributed by atoms with van der Waals surface area (Å²) in [5.74, 6) is 0. The van der Waals surface area contributed by atoms with Gasteiger partial charge in [-0.15, -0.1) is 4.52 Å². The molecule has 1 aliphatic heterocycles. The maximum atomic E-state index is 12.0. The van der Waals surface area contributed by atoms with Crippen LogP contribution in [0.1, 0.15) is 11.8 Å². The number of morpholine rings is 1. The third-order valence-corrected chi connectivity index (χ3v) is 4.51. The Balaban J connectivity index is 2.12. The number of H-pyrrole nitrogens is 1. The van der Waals surface area contributed by atoms with Gasteiger partial charge >= 0.3 is 13.9 Å². The molecule has 0 saturated carbocycles. The van der Waals surface area contributed by atoms with E-state index in [4.69, 9.17) is 9.26 Å².